The van der Waals surface area contributed by atoms with Crippen LogP contribution in [0.25, 0.3) is 0 Å². The number of piperidine rings is 1. The number of furan rings is 1. The number of nitrogens with one attached hydrogen (secondary N) is 1. The van der Waals surface area contributed by atoms with Crippen molar-refractivity contribution in [1.82, 2.24) is 14.8 Å². The molecule has 2 aromatic heterocycles. The first-order valence-electron chi connectivity index (χ1n) is 8.64. The van der Waals surface area contributed by atoms with Crippen molar-refractivity contribution < 1.29 is 27.2 Å². The summed E-state index contributed by atoms with van der Waals surface area (Å²) >= 11 is 0. The zero-order valence-corrected chi connectivity index (χ0v) is 14.7. The highest BCUT2D eigenvalue weighted by Gasteiger charge is 2.31. The van der Waals surface area contributed by atoms with Crippen molar-refractivity contribution in [2.75, 3.05) is 13.1 Å². The van der Waals surface area contributed by atoms with Gasteiger partial charge in [-0.15, -0.1) is 0 Å². The molecule has 1 saturated heterocycles. The molecule has 2 amide bonds. The predicted molar refractivity (Wildman–Crippen MR) is 91.5 cm³/mol. The van der Waals surface area contributed by atoms with Crippen LogP contribution in [0.5, 0.6) is 0 Å². The number of hydrogen-bond donors (Lipinski definition) is 1. The Morgan fingerprint density at radius 3 is 2.50 bits per heavy atom. The van der Waals surface area contributed by atoms with E-state index in [4.69, 9.17) is 4.42 Å². The third-order valence-corrected chi connectivity index (χ3v) is 4.50. The van der Waals surface area contributed by atoms with Gasteiger partial charge in [0.15, 0.2) is 5.76 Å². The van der Waals surface area contributed by atoms with Crippen LogP contribution < -0.4 is 10.9 Å². The molecule has 0 aromatic carbocycles. The van der Waals surface area contributed by atoms with E-state index < -0.39 is 29.8 Å². The molecule has 1 fully saturated rings. The molecule has 0 spiro atoms. The highest BCUT2D eigenvalue weighted by atomic mass is 19.4. The first kappa shape index (κ1) is 19.7. The Morgan fingerprint density at radius 1 is 1.18 bits per heavy atom. The Morgan fingerprint density at radius 2 is 1.89 bits per heavy atom. The highest BCUT2D eigenvalue weighted by Crippen LogP contribution is 2.28. The van der Waals surface area contributed by atoms with Crippen molar-refractivity contribution in [3.05, 3.63) is 58.4 Å². The molecule has 1 aliphatic heterocycles. The monoisotopic (exact) mass is 397 g/mol. The zero-order chi connectivity index (χ0) is 20.3. The second kappa shape index (κ2) is 7.91. The third kappa shape index (κ3) is 4.62. The maximum Gasteiger partial charge on any atom is 0.417 e. The Bertz CT molecular complexity index is 898. The van der Waals surface area contributed by atoms with Crippen LogP contribution in [-0.4, -0.2) is 40.4 Å². The predicted octanol–water partition coefficient (Wildman–Crippen LogP) is 1.88. The molecule has 0 radical (unpaired) electrons. The summed E-state index contributed by atoms with van der Waals surface area (Å²) in [4.78, 5) is 37.7. The molecule has 10 heteroatoms. The van der Waals surface area contributed by atoms with Crippen LogP contribution in [0.3, 0.4) is 0 Å². The molecule has 7 nitrogen and oxygen atoms in total. The van der Waals surface area contributed by atoms with Crippen molar-refractivity contribution in [2.24, 2.45) is 0 Å². The fourth-order valence-corrected chi connectivity index (χ4v) is 3.03. The lowest BCUT2D eigenvalue weighted by Gasteiger charge is -2.32. The van der Waals surface area contributed by atoms with Crippen molar-refractivity contribution in [3.63, 3.8) is 0 Å². The topological polar surface area (TPSA) is 84.5 Å². The average molecular weight is 397 g/mol. The molecule has 0 saturated carbocycles. The van der Waals surface area contributed by atoms with Gasteiger partial charge in [-0.25, -0.2) is 0 Å². The van der Waals surface area contributed by atoms with Crippen molar-refractivity contribution in [2.45, 2.75) is 31.6 Å². The first-order chi connectivity index (χ1) is 13.2. The van der Waals surface area contributed by atoms with E-state index in [2.05, 4.69) is 5.32 Å². The number of pyridine rings is 1. The van der Waals surface area contributed by atoms with Crippen molar-refractivity contribution >= 4 is 11.8 Å². The average Bonchev–Trinajstić information content (AvgIpc) is 3.17. The van der Waals surface area contributed by atoms with Crippen LogP contribution in [0.4, 0.5) is 13.2 Å². The lowest BCUT2D eigenvalue weighted by molar-refractivity contribution is -0.138. The molecule has 1 aliphatic rings. The number of carbonyl (C=O) groups excluding carboxylic acids is 2. The van der Waals surface area contributed by atoms with Crippen LogP contribution >= 0.6 is 0 Å². The second-order valence-electron chi connectivity index (χ2n) is 6.49. The standard InChI is InChI=1S/C18H18F3N3O4/c19-18(20,21)12-3-4-16(26)24(10-12)11-15(25)22-13-5-7-23(8-6-13)17(27)14-2-1-9-28-14/h1-4,9-10,13H,5-8,11H2,(H,22,25). The van der Waals surface area contributed by atoms with Crippen molar-refractivity contribution in [1.29, 1.82) is 0 Å². The lowest BCUT2D eigenvalue weighted by Crippen LogP contribution is -2.47. The van der Waals surface area contributed by atoms with Crippen LogP contribution in [0.15, 0.2) is 45.9 Å². The normalized spacial score (nSPS) is 15.5. The smallest absolute Gasteiger partial charge is 0.417 e. The van der Waals surface area contributed by atoms with E-state index in [1.807, 2.05) is 0 Å². The van der Waals surface area contributed by atoms with Gasteiger partial charge in [0.05, 0.1) is 11.8 Å². The number of carbonyl (C=O) groups is 2. The van der Waals surface area contributed by atoms with E-state index in [1.54, 1.807) is 17.0 Å². The minimum atomic E-state index is -4.60. The van der Waals surface area contributed by atoms with E-state index in [-0.39, 0.29) is 17.7 Å². The van der Waals surface area contributed by atoms with Gasteiger partial charge < -0.3 is 19.2 Å². The molecule has 0 aliphatic carbocycles. The molecule has 0 atom stereocenters. The van der Waals surface area contributed by atoms with E-state index >= 15 is 0 Å². The fraction of sp³-hybridized carbons (Fsp3) is 0.389. The largest absolute Gasteiger partial charge is 0.459 e. The number of nitrogens with zero attached hydrogens (tertiary/aromatic N) is 2. The number of alkyl halides is 3. The molecular weight excluding hydrogens is 379 g/mol. The van der Waals surface area contributed by atoms with Crippen LogP contribution in [0, 0.1) is 0 Å². The highest BCUT2D eigenvalue weighted by molar-refractivity contribution is 5.91. The summed E-state index contributed by atoms with van der Waals surface area (Å²) in [5, 5.41) is 2.71. The van der Waals surface area contributed by atoms with E-state index in [1.165, 1.54) is 6.26 Å². The summed E-state index contributed by atoms with van der Waals surface area (Å²) in [7, 11) is 0. The van der Waals surface area contributed by atoms with Gasteiger partial charge in [-0.1, -0.05) is 0 Å². The summed E-state index contributed by atoms with van der Waals surface area (Å²) in [6.45, 7) is 0.316. The minimum Gasteiger partial charge on any atom is -0.459 e. The van der Waals surface area contributed by atoms with E-state index in [0.29, 0.717) is 38.2 Å². The molecule has 1 N–H and O–H groups in total. The third-order valence-electron chi connectivity index (χ3n) is 4.50. The molecule has 3 heterocycles. The van der Waals surface area contributed by atoms with Gasteiger partial charge in [0.2, 0.25) is 5.91 Å². The maximum absolute atomic E-state index is 12.8. The van der Waals surface area contributed by atoms with Crippen LogP contribution in [0.2, 0.25) is 0 Å². The van der Waals surface area contributed by atoms with Gasteiger partial charge in [0.1, 0.15) is 6.54 Å². The van der Waals surface area contributed by atoms with Gasteiger partial charge >= 0.3 is 6.18 Å². The van der Waals surface area contributed by atoms with Gasteiger partial charge in [-0.2, -0.15) is 13.2 Å². The summed E-state index contributed by atoms with van der Waals surface area (Å²) in [6.07, 6.45) is -1.56. The zero-order valence-electron chi connectivity index (χ0n) is 14.7. The maximum atomic E-state index is 12.8. The Hall–Kier alpha value is -3.04. The lowest BCUT2D eigenvalue weighted by atomic mass is 10.0. The van der Waals surface area contributed by atoms with Crippen molar-refractivity contribution in [3.8, 4) is 0 Å². The summed E-state index contributed by atoms with van der Waals surface area (Å²) in [5.74, 6) is -0.547. The number of aromatic nitrogens is 1. The summed E-state index contributed by atoms with van der Waals surface area (Å²) < 4.78 is 44.1. The van der Waals surface area contributed by atoms with Gasteiger partial charge in [-0.3, -0.25) is 14.4 Å². The number of rotatable bonds is 4. The molecular formula is C18H18F3N3O4. The first-order valence-corrected chi connectivity index (χ1v) is 8.64. The molecule has 2 aromatic rings. The Balaban J connectivity index is 1.54. The minimum absolute atomic E-state index is 0.227. The molecule has 28 heavy (non-hydrogen) atoms. The number of halogens is 3. The molecule has 0 bridgehead atoms. The Kier molecular flexibility index (Phi) is 5.57. The number of hydrogen-bond acceptors (Lipinski definition) is 4. The Labute approximate surface area is 157 Å². The summed E-state index contributed by atoms with van der Waals surface area (Å²) in [5.41, 5.74) is -1.69. The molecule has 150 valence electrons. The fourth-order valence-electron chi connectivity index (χ4n) is 3.03. The van der Waals surface area contributed by atoms with Gasteiger partial charge in [0.25, 0.3) is 11.5 Å². The second-order valence-corrected chi connectivity index (χ2v) is 6.49. The SMILES string of the molecule is O=C(Cn1cc(C(F)(F)F)ccc1=O)NC1CCN(C(=O)c2ccco2)CC1. The quantitative estimate of drug-likeness (QED) is 0.854. The molecule has 3 rings (SSSR count). The van der Waals surface area contributed by atoms with E-state index in [0.717, 1.165) is 10.6 Å². The van der Waals surface area contributed by atoms with Gasteiger partial charge in [-0.05, 0) is 31.0 Å². The number of amides is 2. The number of likely N-dealkylation sites (tertiary alicyclic amines) is 1. The van der Waals surface area contributed by atoms with Crippen LogP contribution in [-0.2, 0) is 17.5 Å². The summed E-state index contributed by atoms with van der Waals surface area (Å²) in [6, 6.07) is 4.44. The van der Waals surface area contributed by atoms with Gasteiger partial charge in [0, 0.05) is 31.4 Å². The molecule has 0 unspecified atom stereocenters. The van der Waals surface area contributed by atoms with Crippen LogP contribution in [0.1, 0.15) is 29.0 Å². The van der Waals surface area contributed by atoms with E-state index in [9.17, 15) is 27.6 Å².